The van der Waals surface area contributed by atoms with Crippen molar-refractivity contribution in [2.45, 2.75) is 6.42 Å². The van der Waals surface area contributed by atoms with Gasteiger partial charge in [-0.2, -0.15) is 5.10 Å². The number of carbonyl (C=O) groups is 1. The van der Waals surface area contributed by atoms with Gasteiger partial charge >= 0.3 is 0 Å². The van der Waals surface area contributed by atoms with Crippen molar-refractivity contribution < 1.29 is 4.79 Å². The molecule has 0 aliphatic carbocycles. The topological polar surface area (TPSA) is 90.1 Å². The zero-order valence-electron chi connectivity index (χ0n) is 9.81. The van der Waals surface area contributed by atoms with Crippen LogP contribution in [0.25, 0.3) is 0 Å². The fourth-order valence-electron chi connectivity index (χ4n) is 1.43. The first-order valence-electron chi connectivity index (χ1n) is 5.48. The van der Waals surface area contributed by atoms with Gasteiger partial charge in [-0.3, -0.25) is 14.7 Å². The summed E-state index contributed by atoms with van der Waals surface area (Å²) in [5, 5.41) is 8.80. The van der Waals surface area contributed by atoms with Crippen molar-refractivity contribution in [1.29, 1.82) is 0 Å². The summed E-state index contributed by atoms with van der Waals surface area (Å²) in [6.45, 7) is 0. The molecular weight excluding hydrogens is 312 g/mol. The molecule has 0 spiro atoms. The second-order valence-corrected chi connectivity index (χ2v) is 4.63. The molecule has 1 aromatic carbocycles. The number of nitrogens with one attached hydrogen (secondary N) is 3. The standard InChI is InChI=1S/C12H11BrN4O2/c13-10-4-2-1-3-8(10)7-14-16-11(18)5-9-6-12(19)17-15-9/h1-4,6-7H,5H2,(H,16,18)(H2,15,17,19)/b14-7-. The van der Waals surface area contributed by atoms with Crippen molar-refractivity contribution in [1.82, 2.24) is 15.6 Å². The van der Waals surface area contributed by atoms with Crippen molar-refractivity contribution in [2.75, 3.05) is 0 Å². The molecule has 0 aliphatic rings. The van der Waals surface area contributed by atoms with Crippen LogP contribution in [-0.2, 0) is 11.2 Å². The number of hydrogen-bond acceptors (Lipinski definition) is 3. The molecule has 0 aliphatic heterocycles. The SMILES string of the molecule is O=C(Cc1cc(=O)[nH][nH]1)N/N=C\c1ccccc1Br. The van der Waals surface area contributed by atoms with Crippen molar-refractivity contribution in [3.8, 4) is 0 Å². The maximum atomic E-state index is 11.5. The van der Waals surface area contributed by atoms with Crippen LogP contribution in [0.4, 0.5) is 0 Å². The number of rotatable bonds is 4. The summed E-state index contributed by atoms with van der Waals surface area (Å²) in [5.41, 5.74) is 3.50. The third kappa shape index (κ3) is 3.92. The molecule has 7 heteroatoms. The van der Waals surface area contributed by atoms with E-state index in [4.69, 9.17) is 0 Å². The number of nitrogens with zero attached hydrogens (tertiary/aromatic N) is 1. The van der Waals surface area contributed by atoms with Gasteiger partial charge in [-0.25, -0.2) is 5.43 Å². The second-order valence-electron chi connectivity index (χ2n) is 3.78. The lowest BCUT2D eigenvalue weighted by Gasteiger charge is -1.98. The molecule has 3 N–H and O–H groups in total. The van der Waals surface area contributed by atoms with Gasteiger partial charge in [-0.05, 0) is 6.07 Å². The van der Waals surface area contributed by atoms with Gasteiger partial charge in [0, 0.05) is 21.8 Å². The molecule has 0 saturated carbocycles. The minimum atomic E-state index is -0.307. The number of aromatic nitrogens is 2. The Morgan fingerprint density at radius 3 is 2.84 bits per heavy atom. The molecule has 1 heterocycles. The fraction of sp³-hybridized carbons (Fsp3) is 0.0833. The van der Waals surface area contributed by atoms with Gasteiger partial charge in [-0.1, -0.05) is 34.1 Å². The monoisotopic (exact) mass is 322 g/mol. The van der Waals surface area contributed by atoms with Gasteiger partial charge in [0.2, 0.25) is 5.91 Å². The Hall–Kier alpha value is -2.15. The van der Waals surface area contributed by atoms with Gasteiger partial charge in [0.25, 0.3) is 5.56 Å². The van der Waals surface area contributed by atoms with Gasteiger partial charge in [0.05, 0.1) is 12.6 Å². The zero-order chi connectivity index (χ0) is 13.7. The first-order valence-corrected chi connectivity index (χ1v) is 6.27. The lowest BCUT2D eigenvalue weighted by atomic mass is 10.2. The molecule has 1 aromatic heterocycles. The average Bonchev–Trinajstić information content (AvgIpc) is 2.77. The molecule has 0 unspecified atom stereocenters. The summed E-state index contributed by atoms with van der Waals surface area (Å²) in [4.78, 5) is 22.4. The predicted molar refractivity (Wildman–Crippen MR) is 75.0 cm³/mol. The minimum Gasteiger partial charge on any atom is -0.302 e. The Kier molecular flexibility index (Phi) is 4.30. The molecule has 1 amide bonds. The van der Waals surface area contributed by atoms with E-state index in [-0.39, 0.29) is 17.9 Å². The average molecular weight is 323 g/mol. The zero-order valence-corrected chi connectivity index (χ0v) is 11.4. The summed E-state index contributed by atoms with van der Waals surface area (Å²) < 4.78 is 0.892. The lowest BCUT2D eigenvalue weighted by molar-refractivity contribution is -0.120. The van der Waals surface area contributed by atoms with Crippen LogP contribution in [0.3, 0.4) is 0 Å². The van der Waals surface area contributed by atoms with Crippen LogP contribution in [0.1, 0.15) is 11.3 Å². The molecule has 19 heavy (non-hydrogen) atoms. The maximum Gasteiger partial charge on any atom is 0.264 e. The normalized spacial score (nSPS) is 10.8. The van der Waals surface area contributed by atoms with Crippen molar-refractivity contribution in [3.05, 3.63) is 56.4 Å². The smallest absolute Gasteiger partial charge is 0.264 e. The maximum absolute atomic E-state index is 11.5. The van der Waals surface area contributed by atoms with E-state index in [0.717, 1.165) is 10.0 Å². The Bertz CT molecular complexity index is 659. The first kappa shape index (κ1) is 13.3. The highest BCUT2D eigenvalue weighted by Gasteiger charge is 2.03. The van der Waals surface area contributed by atoms with Gasteiger partial charge in [-0.15, -0.1) is 0 Å². The third-order valence-electron chi connectivity index (χ3n) is 2.30. The van der Waals surface area contributed by atoms with Gasteiger partial charge in [0.15, 0.2) is 0 Å². The number of hydrogen-bond donors (Lipinski definition) is 3. The number of hydrazone groups is 1. The van der Waals surface area contributed by atoms with E-state index in [1.54, 1.807) is 6.21 Å². The van der Waals surface area contributed by atoms with Crippen LogP contribution in [0.15, 0.2) is 44.7 Å². The van der Waals surface area contributed by atoms with E-state index in [2.05, 4.69) is 36.7 Å². The van der Waals surface area contributed by atoms with E-state index >= 15 is 0 Å². The Morgan fingerprint density at radius 1 is 1.37 bits per heavy atom. The van der Waals surface area contributed by atoms with E-state index in [9.17, 15) is 9.59 Å². The summed E-state index contributed by atoms with van der Waals surface area (Å²) in [6.07, 6.45) is 1.61. The molecule has 0 bridgehead atoms. The highest BCUT2D eigenvalue weighted by molar-refractivity contribution is 9.10. The molecule has 98 valence electrons. The molecule has 0 fully saturated rings. The van der Waals surface area contributed by atoms with E-state index in [1.807, 2.05) is 24.3 Å². The second kappa shape index (κ2) is 6.14. The van der Waals surface area contributed by atoms with Crippen LogP contribution in [-0.4, -0.2) is 22.3 Å². The van der Waals surface area contributed by atoms with Crippen molar-refractivity contribution in [2.24, 2.45) is 5.10 Å². The van der Waals surface area contributed by atoms with Crippen molar-refractivity contribution >= 4 is 28.1 Å². The number of benzene rings is 1. The van der Waals surface area contributed by atoms with Gasteiger partial charge in [0.1, 0.15) is 0 Å². The Labute approximate surface area is 117 Å². The third-order valence-corrected chi connectivity index (χ3v) is 3.02. The number of aromatic amines is 2. The molecule has 0 atom stereocenters. The first-order chi connectivity index (χ1) is 9.15. The largest absolute Gasteiger partial charge is 0.302 e. The summed E-state index contributed by atoms with van der Waals surface area (Å²) in [6, 6.07) is 8.84. The van der Waals surface area contributed by atoms with Crippen LogP contribution in [0.2, 0.25) is 0 Å². The van der Waals surface area contributed by atoms with E-state index < -0.39 is 0 Å². The molecule has 6 nitrogen and oxygen atoms in total. The number of carbonyl (C=O) groups excluding carboxylic acids is 1. The van der Waals surface area contributed by atoms with Crippen LogP contribution >= 0.6 is 15.9 Å². The summed E-state index contributed by atoms with van der Waals surface area (Å²) in [5.74, 6) is -0.307. The number of amides is 1. The molecule has 0 saturated heterocycles. The van der Waals surface area contributed by atoms with Crippen LogP contribution in [0.5, 0.6) is 0 Å². The summed E-state index contributed by atoms with van der Waals surface area (Å²) in [7, 11) is 0. The predicted octanol–water partition coefficient (Wildman–Crippen LogP) is 1.16. The Balaban J connectivity index is 1.90. The van der Waals surface area contributed by atoms with Gasteiger partial charge < -0.3 is 5.10 Å². The van der Waals surface area contributed by atoms with Crippen molar-refractivity contribution in [3.63, 3.8) is 0 Å². The van der Waals surface area contributed by atoms with Crippen LogP contribution in [0, 0.1) is 0 Å². The minimum absolute atomic E-state index is 0.0615. The van der Waals surface area contributed by atoms with E-state index in [0.29, 0.717) is 5.69 Å². The molecular formula is C12H11BrN4O2. The Morgan fingerprint density at radius 2 is 2.16 bits per heavy atom. The summed E-state index contributed by atoms with van der Waals surface area (Å²) >= 11 is 3.37. The number of H-pyrrole nitrogens is 2. The number of halogens is 1. The molecule has 0 radical (unpaired) electrons. The highest BCUT2D eigenvalue weighted by Crippen LogP contribution is 2.13. The molecule has 2 aromatic rings. The van der Waals surface area contributed by atoms with E-state index in [1.165, 1.54) is 6.07 Å². The fourth-order valence-corrected chi connectivity index (χ4v) is 1.82. The molecule has 2 rings (SSSR count). The quantitative estimate of drug-likeness (QED) is 0.582. The van der Waals surface area contributed by atoms with Crippen LogP contribution < -0.4 is 11.0 Å². The lowest BCUT2D eigenvalue weighted by Crippen LogP contribution is -2.20. The highest BCUT2D eigenvalue weighted by atomic mass is 79.9.